The minimum Gasteiger partial charge on any atom is -0.453 e. The number of nitrogens with one attached hydrogen (secondary N) is 1. The number of nitrogens with two attached hydrogens (primary N) is 1. The summed E-state index contributed by atoms with van der Waals surface area (Å²) in [6, 6.07) is 12.9. The van der Waals surface area contributed by atoms with Gasteiger partial charge in [-0.1, -0.05) is 53.6 Å². The maximum Gasteiger partial charge on any atom is 0.406 e. The minimum absolute atomic E-state index is 0.175. The maximum atomic E-state index is 13.4. The van der Waals surface area contributed by atoms with E-state index in [1.54, 1.807) is 9.80 Å². The lowest BCUT2D eigenvalue weighted by Gasteiger charge is -2.44. The number of rotatable bonds is 7. The van der Waals surface area contributed by atoms with Crippen LogP contribution in [0.1, 0.15) is 36.8 Å². The molecule has 4 rings (SSSR count). The lowest BCUT2D eigenvalue weighted by atomic mass is 9.72. The Balaban J connectivity index is 1.67. The fraction of sp³-hybridized carbons (Fsp3) is 0.517. The molecule has 5 N–H and O–H groups in total. The van der Waals surface area contributed by atoms with E-state index in [1.165, 1.54) is 7.11 Å². The van der Waals surface area contributed by atoms with Gasteiger partial charge < -0.3 is 35.8 Å². The van der Waals surface area contributed by atoms with E-state index in [2.05, 4.69) is 10.1 Å². The predicted octanol–water partition coefficient (Wildman–Crippen LogP) is 3.48. The normalized spacial score (nSPS) is 22.9. The Hall–Kier alpha value is -2.85. The number of alkyl carbamates (subject to hydrolysis) is 1. The molecule has 2 aromatic carbocycles. The molecule has 4 atom stereocenters. The molecule has 9 nitrogen and oxygen atoms in total. The number of methoxy groups -OCH3 is 1. The zero-order valence-corrected chi connectivity index (χ0v) is 23.4. The number of nitrogens with zero attached hydrogens (tertiary/aromatic N) is 2. The summed E-state index contributed by atoms with van der Waals surface area (Å²) in [5.74, 6) is -0.281. The number of carbonyl (C=O) groups excluding carboxylic acids is 2. The van der Waals surface area contributed by atoms with Crippen LogP contribution >= 0.6 is 11.6 Å². The predicted molar refractivity (Wildman–Crippen MR) is 150 cm³/mol. The van der Waals surface area contributed by atoms with E-state index in [-0.39, 0.29) is 18.5 Å². The second kappa shape index (κ2) is 12.6. The molecular weight excluding hydrogens is 520 g/mol. The highest BCUT2D eigenvalue weighted by Crippen LogP contribution is 2.45. The second-order valence-electron chi connectivity index (χ2n) is 10.7. The van der Waals surface area contributed by atoms with E-state index in [9.17, 15) is 19.8 Å². The summed E-state index contributed by atoms with van der Waals surface area (Å²) in [6.45, 7) is 3.76. The lowest BCUT2D eigenvalue weighted by molar-refractivity contribution is -0.0560. The van der Waals surface area contributed by atoms with Crippen LogP contribution in [-0.4, -0.2) is 84.1 Å². The molecule has 212 valence electrons. The van der Waals surface area contributed by atoms with Gasteiger partial charge in [-0.05, 0) is 49.8 Å². The SMILES string of the molecule is COC(=O)NCCCC(O)(c1cccc(Cl)c1-c1cccc(C)c1)C1CCCN(C(=O)N2CC(N)C(O)C2)C1. The molecule has 2 heterocycles. The van der Waals surface area contributed by atoms with Crippen molar-refractivity contribution in [3.05, 3.63) is 58.6 Å². The number of β-amino-alcohol motifs (C(OH)–C–C–N with tert-alkyl or cyclic N) is 1. The van der Waals surface area contributed by atoms with Gasteiger partial charge in [-0.25, -0.2) is 9.59 Å². The summed E-state index contributed by atoms with van der Waals surface area (Å²) in [6.07, 6.45) is 1.01. The number of aliphatic hydroxyl groups is 2. The van der Waals surface area contributed by atoms with Crippen molar-refractivity contribution in [2.75, 3.05) is 39.8 Å². The zero-order valence-electron chi connectivity index (χ0n) is 22.6. The third kappa shape index (κ3) is 6.49. The fourth-order valence-electron chi connectivity index (χ4n) is 5.87. The van der Waals surface area contributed by atoms with Crippen molar-refractivity contribution >= 4 is 23.7 Å². The lowest BCUT2D eigenvalue weighted by Crippen LogP contribution is -2.52. The number of halogens is 1. The second-order valence-corrected chi connectivity index (χ2v) is 11.1. The number of benzene rings is 2. The largest absolute Gasteiger partial charge is 0.453 e. The summed E-state index contributed by atoms with van der Waals surface area (Å²) in [4.78, 5) is 28.3. The number of hydrogen-bond donors (Lipinski definition) is 4. The Morgan fingerprint density at radius 2 is 1.95 bits per heavy atom. The first-order valence-corrected chi connectivity index (χ1v) is 13.9. The number of aryl methyl sites for hydroxylation is 1. The molecule has 4 unspecified atom stereocenters. The monoisotopic (exact) mass is 558 g/mol. The topological polar surface area (TPSA) is 128 Å². The maximum absolute atomic E-state index is 13.4. The van der Waals surface area contributed by atoms with E-state index in [1.807, 2.05) is 49.4 Å². The highest BCUT2D eigenvalue weighted by Gasteiger charge is 2.44. The van der Waals surface area contributed by atoms with Crippen LogP contribution < -0.4 is 11.1 Å². The Morgan fingerprint density at radius 3 is 2.64 bits per heavy atom. The molecule has 3 amide bonds. The first-order chi connectivity index (χ1) is 18.6. The van der Waals surface area contributed by atoms with Gasteiger partial charge in [-0.15, -0.1) is 0 Å². The van der Waals surface area contributed by atoms with Gasteiger partial charge in [0.1, 0.15) is 0 Å². The molecule has 0 aliphatic carbocycles. The number of piperidine rings is 1. The minimum atomic E-state index is -1.33. The van der Waals surface area contributed by atoms with Crippen molar-refractivity contribution in [2.24, 2.45) is 11.7 Å². The summed E-state index contributed by atoms with van der Waals surface area (Å²) < 4.78 is 4.69. The number of urea groups is 1. The number of amides is 3. The van der Waals surface area contributed by atoms with Crippen LogP contribution in [0.2, 0.25) is 5.02 Å². The van der Waals surface area contributed by atoms with E-state index in [0.29, 0.717) is 56.0 Å². The van der Waals surface area contributed by atoms with Gasteiger partial charge in [0.05, 0.1) is 18.8 Å². The fourth-order valence-corrected chi connectivity index (χ4v) is 6.15. The third-order valence-electron chi connectivity index (χ3n) is 7.95. The molecule has 39 heavy (non-hydrogen) atoms. The Labute approximate surface area is 234 Å². The average molecular weight is 559 g/mol. The number of carbonyl (C=O) groups is 2. The van der Waals surface area contributed by atoms with Crippen molar-refractivity contribution in [1.82, 2.24) is 15.1 Å². The molecule has 2 aliphatic heterocycles. The van der Waals surface area contributed by atoms with Crippen LogP contribution in [0.25, 0.3) is 11.1 Å². The highest BCUT2D eigenvalue weighted by molar-refractivity contribution is 6.33. The molecule has 0 spiro atoms. The average Bonchev–Trinajstić information content (AvgIpc) is 3.28. The Morgan fingerprint density at radius 1 is 1.18 bits per heavy atom. The summed E-state index contributed by atoms with van der Waals surface area (Å²) in [5.41, 5.74) is 8.07. The van der Waals surface area contributed by atoms with Gasteiger partial charge in [0.2, 0.25) is 0 Å². The zero-order chi connectivity index (χ0) is 28.2. The van der Waals surface area contributed by atoms with Gasteiger partial charge >= 0.3 is 12.1 Å². The van der Waals surface area contributed by atoms with Crippen molar-refractivity contribution in [1.29, 1.82) is 0 Å². The van der Waals surface area contributed by atoms with Gasteiger partial charge in [-0.3, -0.25) is 0 Å². The molecule has 0 bridgehead atoms. The van der Waals surface area contributed by atoms with Crippen LogP contribution in [0.4, 0.5) is 9.59 Å². The molecule has 0 aromatic heterocycles. The van der Waals surface area contributed by atoms with Crippen LogP contribution in [-0.2, 0) is 10.3 Å². The first-order valence-electron chi connectivity index (χ1n) is 13.5. The van der Waals surface area contributed by atoms with E-state index >= 15 is 0 Å². The molecule has 2 saturated heterocycles. The van der Waals surface area contributed by atoms with Gasteiger partial charge in [-0.2, -0.15) is 0 Å². The van der Waals surface area contributed by atoms with E-state index < -0.39 is 23.8 Å². The van der Waals surface area contributed by atoms with Crippen LogP contribution in [0, 0.1) is 12.8 Å². The van der Waals surface area contributed by atoms with Gasteiger partial charge in [0, 0.05) is 55.3 Å². The molecule has 0 saturated carbocycles. The van der Waals surface area contributed by atoms with E-state index in [4.69, 9.17) is 17.3 Å². The van der Waals surface area contributed by atoms with Crippen molar-refractivity contribution in [3.63, 3.8) is 0 Å². The standard InChI is InChI=1S/C29H39ClN4O5/c1-19-7-3-8-20(15-19)26-22(10-4-11-23(26)30)29(38,12-6-13-32-27(36)39-2)21-9-5-14-33(16-21)28(37)34-17-24(31)25(35)18-34/h3-4,7-8,10-11,15,21,24-25,35,38H,5-6,9,12-14,16-18,31H2,1-2H3,(H,32,36). The van der Waals surface area contributed by atoms with Crippen LogP contribution in [0.3, 0.4) is 0 Å². The Bertz CT molecular complexity index is 1170. The van der Waals surface area contributed by atoms with Crippen molar-refractivity contribution in [2.45, 2.75) is 50.4 Å². The van der Waals surface area contributed by atoms with E-state index in [0.717, 1.165) is 23.1 Å². The van der Waals surface area contributed by atoms with Crippen molar-refractivity contribution in [3.8, 4) is 11.1 Å². The van der Waals surface area contributed by atoms with Crippen molar-refractivity contribution < 1.29 is 24.5 Å². The summed E-state index contributed by atoms with van der Waals surface area (Å²) >= 11 is 6.78. The quantitative estimate of drug-likeness (QED) is 0.385. The Kier molecular flexibility index (Phi) is 9.38. The molecular formula is C29H39ClN4O5. The number of ether oxygens (including phenoxy) is 1. The third-order valence-corrected chi connectivity index (χ3v) is 8.26. The van der Waals surface area contributed by atoms with Crippen LogP contribution in [0.5, 0.6) is 0 Å². The summed E-state index contributed by atoms with van der Waals surface area (Å²) in [7, 11) is 1.31. The molecule has 2 aromatic rings. The summed E-state index contributed by atoms with van der Waals surface area (Å²) in [5, 5.41) is 25.9. The molecule has 10 heteroatoms. The number of aliphatic hydroxyl groups excluding tert-OH is 1. The molecule has 2 fully saturated rings. The van der Waals surface area contributed by atoms with Gasteiger partial charge in [0.15, 0.2) is 0 Å². The van der Waals surface area contributed by atoms with Crippen LogP contribution in [0.15, 0.2) is 42.5 Å². The number of likely N-dealkylation sites (tertiary alicyclic amines) is 2. The molecule has 2 aliphatic rings. The molecule has 0 radical (unpaired) electrons. The number of hydrogen-bond acceptors (Lipinski definition) is 6. The highest BCUT2D eigenvalue weighted by atomic mass is 35.5. The first kappa shape index (κ1) is 29.1. The van der Waals surface area contributed by atoms with Gasteiger partial charge in [0.25, 0.3) is 0 Å². The smallest absolute Gasteiger partial charge is 0.406 e.